The van der Waals surface area contributed by atoms with Crippen molar-refractivity contribution >= 4 is 5.69 Å². The van der Waals surface area contributed by atoms with E-state index in [-0.39, 0.29) is 0 Å². The van der Waals surface area contributed by atoms with Gasteiger partial charge in [-0.2, -0.15) is 5.26 Å². The summed E-state index contributed by atoms with van der Waals surface area (Å²) in [6.07, 6.45) is 4.38. The van der Waals surface area contributed by atoms with Crippen molar-refractivity contribution in [3.8, 4) is 6.07 Å². The zero-order valence-corrected chi connectivity index (χ0v) is 8.68. The van der Waals surface area contributed by atoms with E-state index in [9.17, 15) is 0 Å². The fraction of sp³-hybridized carbons (Fsp3) is 0.455. The molecule has 0 aliphatic carbocycles. The summed E-state index contributed by atoms with van der Waals surface area (Å²) in [5, 5.41) is 8.97. The molecule has 1 unspecified atom stereocenters. The number of likely N-dealkylation sites (N-methyl/N-ethyl adjacent to an activating group) is 1. The van der Waals surface area contributed by atoms with E-state index in [2.05, 4.69) is 16.0 Å². The summed E-state index contributed by atoms with van der Waals surface area (Å²) in [5.74, 6) is 0. The van der Waals surface area contributed by atoms with Gasteiger partial charge in [0.1, 0.15) is 6.07 Å². The molecule has 0 bridgehead atoms. The quantitative estimate of drug-likeness (QED) is 0.724. The molecule has 0 saturated carbocycles. The lowest BCUT2D eigenvalue weighted by Gasteiger charge is -2.25. The average Bonchev–Trinajstić information content (AvgIpc) is 2.81. The highest BCUT2D eigenvalue weighted by Gasteiger charge is 2.22. The lowest BCUT2D eigenvalue weighted by atomic mass is 10.1. The number of nitriles is 1. The highest BCUT2D eigenvalue weighted by Crippen LogP contribution is 2.22. The SMILES string of the molecule is CN(c1cnccc1C#N)C1CCOC1. The Labute approximate surface area is 89.1 Å². The zero-order chi connectivity index (χ0) is 10.7. The van der Waals surface area contributed by atoms with Crippen LogP contribution >= 0.6 is 0 Å². The molecule has 0 aromatic carbocycles. The highest BCUT2D eigenvalue weighted by atomic mass is 16.5. The minimum absolute atomic E-state index is 0.362. The largest absolute Gasteiger partial charge is 0.379 e. The standard InChI is InChI=1S/C11H13N3O/c1-14(10-3-5-15-8-10)11-7-13-4-2-9(11)6-12/h2,4,7,10H,3,5,8H2,1H3. The maximum absolute atomic E-state index is 8.97. The van der Waals surface area contributed by atoms with Crippen molar-refractivity contribution in [2.24, 2.45) is 0 Å². The number of anilines is 1. The number of hydrogen-bond donors (Lipinski definition) is 0. The van der Waals surface area contributed by atoms with Crippen molar-refractivity contribution in [3.05, 3.63) is 24.0 Å². The minimum atomic E-state index is 0.362. The van der Waals surface area contributed by atoms with Crippen LogP contribution in [-0.2, 0) is 4.74 Å². The van der Waals surface area contributed by atoms with Gasteiger partial charge in [-0.3, -0.25) is 4.98 Å². The van der Waals surface area contributed by atoms with E-state index < -0.39 is 0 Å². The van der Waals surface area contributed by atoms with Gasteiger partial charge in [-0.05, 0) is 12.5 Å². The molecule has 0 amide bonds. The first-order chi connectivity index (χ1) is 7.33. The maximum Gasteiger partial charge on any atom is 0.101 e. The molecule has 2 heterocycles. The van der Waals surface area contributed by atoms with Crippen LogP contribution in [0.2, 0.25) is 0 Å². The topological polar surface area (TPSA) is 49.2 Å². The molecule has 0 radical (unpaired) electrons. The molecule has 78 valence electrons. The number of rotatable bonds is 2. The first-order valence-corrected chi connectivity index (χ1v) is 4.97. The van der Waals surface area contributed by atoms with E-state index in [4.69, 9.17) is 10.00 Å². The van der Waals surface area contributed by atoms with Gasteiger partial charge in [0.05, 0.1) is 30.1 Å². The minimum Gasteiger partial charge on any atom is -0.379 e. The lowest BCUT2D eigenvalue weighted by molar-refractivity contribution is 0.193. The first-order valence-electron chi connectivity index (χ1n) is 4.97. The third kappa shape index (κ3) is 1.92. The van der Waals surface area contributed by atoms with Crippen molar-refractivity contribution in [2.75, 3.05) is 25.2 Å². The summed E-state index contributed by atoms with van der Waals surface area (Å²) >= 11 is 0. The van der Waals surface area contributed by atoms with Gasteiger partial charge >= 0.3 is 0 Å². The predicted octanol–water partition coefficient (Wildman–Crippen LogP) is 1.18. The third-order valence-corrected chi connectivity index (χ3v) is 2.75. The Balaban J connectivity index is 2.24. The molecule has 15 heavy (non-hydrogen) atoms. The first kappa shape index (κ1) is 9.94. The lowest BCUT2D eigenvalue weighted by Crippen LogP contribution is -2.32. The van der Waals surface area contributed by atoms with Gasteiger partial charge in [-0.1, -0.05) is 0 Å². The predicted molar refractivity (Wildman–Crippen MR) is 56.6 cm³/mol. The molecule has 1 aliphatic rings. The Morgan fingerprint density at radius 2 is 2.53 bits per heavy atom. The number of pyridine rings is 1. The Bertz CT molecular complexity index is 380. The van der Waals surface area contributed by atoms with Gasteiger partial charge in [-0.25, -0.2) is 0 Å². The molecule has 1 atom stereocenters. The van der Waals surface area contributed by atoms with Crippen LogP contribution < -0.4 is 4.90 Å². The second-order valence-electron chi connectivity index (χ2n) is 3.63. The Kier molecular flexibility index (Phi) is 2.84. The number of nitrogens with zero attached hydrogens (tertiary/aromatic N) is 3. The molecule has 1 aromatic heterocycles. The van der Waals surface area contributed by atoms with Crippen LogP contribution in [0, 0.1) is 11.3 Å². The molecule has 1 aromatic rings. The molecular weight excluding hydrogens is 190 g/mol. The number of hydrogen-bond acceptors (Lipinski definition) is 4. The van der Waals surface area contributed by atoms with Gasteiger partial charge in [0.25, 0.3) is 0 Å². The fourth-order valence-corrected chi connectivity index (χ4v) is 1.79. The van der Waals surface area contributed by atoms with Crippen LogP contribution in [0.4, 0.5) is 5.69 Å². The van der Waals surface area contributed by atoms with E-state index in [1.807, 2.05) is 7.05 Å². The van der Waals surface area contributed by atoms with Crippen LogP contribution in [0.15, 0.2) is 18.5 Å². The highest BCUT2D eigenvalue weighted by molar-refractivity contribution is 5.57. The van der Waals surface area contributed by atoms with Crippen molar-refractivity contribution in [2.45, 2.75) is 12.5 Å². The van der Waals surface area contributed by atoms with E-state index in [0.29, 0.717) is 11.6 Å². The van der Waals surface area contributed by atoms with Crippen molar-refractivity contribution in [3.63, 3.8) is 0 Å². The summed E-state index contributed by atoms with van der Waals surface area (Å²) < 4.78 is 5.33. The molecule has 4 heteroatoms. The van der Waals surface area contributed by atoms with E-state index in [0.717, 1.165) is 25.3 Å². The van der Waals surface area contributed by atoms with Crippen molar-refractivity contribution in [1.29, 1.82) is 5.26 Å². The summed E-state index contributed by atoms with van der Waals surface area (Å²) in [6, 6.07) is 4.28. The van der Waals surface area contributed by atoms with Crippen LogP contribution in [0.3, 0.4) is 0 Å². The monoisotopic (exact) mass is 203 g/mol. The fourth-order valence-electron chi connectivity index (χ4n) is 1.79. The smallest absolute Gasteiger partial charge is 0.101 e. The van der Waals surface area contributed by atoms with Crippen LogP contribution in [-0.4, -0.2) is 31.3 Å². The van der Waals surface area contributed by atoms with Gasteiger partial charge < -0.3 is 9.64 Å². The summed E-state index contributed by atoms with van der Waals surface area (Å²) in [7, 11) is 1.98. The summed E-state index contributed by atoms with van der Waals surface area (Å²) in [6.45, 7) is 1.54. The zero-order valence-electron chi connectivity index (χ0n) is 8.68. The van der Waals surface area contributed by atoms with E-state index in [1.165, 1.54) is 0 Å². The average molecular weight is 203 g/mol. The van der Waals surface area contributed by atoms with Crippen LogP contribution in [0.1, 0.15) is 12.0 Å². The van der Waals surface area contributed by atoms with Crippen molar-refractivity contribution in [1.82, 2.24) is 4.98 Å². The van der Waals surface area contributed by atoms with E-state index in [1.54, 1.807) is 18.5 Å². The molecular formula is C11H13N3O. The second kappa shape index (κ2) is 4.28. The molecule has 1 aliphatic heterocycles. The molecule has 0 spiro atoms. The van der Waals surface area contributed by atoms with Gasteiger partial charge in [0.2, 0.25) is 0 Å². The van der Waals surface area contributed by atoms with Crippen LogP contribution in [0.25, 0.3) is 0 Å². The molecule has 1 fully saturated rings. The second-order valence-corrected chi connectivity index (χ2v) is 3.63. The van der Waals surface area contributed by atoms with Gasteiger partial charge in [0.15, 0.2) is 0 Å². The summed E-state index contributed by atoms with van der Waals surface area (Å²) in [4.78, 5) is 6.13. The summed E-state index contributed by atoms with van der Waals surface area (Å²) in [5.41, 5.74) is 1.55. The Morgan fingerprint density at radius 3 is 3.20 bits per heavy atom. The third-order valence-electron chi connectivity index (χ3n) is 2.75. The van der Waals surface area contributed by atoms with Gasteiger partial charge in [0, 0.05) is 19.9 Å². The maximum atomic E-state index is 8.97. The molecule has 4 nitrogen and oxygen atoms in total. The molecule has 2 rings (SSSR count). The van der Waals surface area contributed by atoms with E-state index >= 15 is 0 Å². The number of aromatic nitrogens is 1. The Hall–Kier alpha value is -1.60. The molecule has 0 N–H and O–H groups in total. The Morgan fingerprint density at radius 1 is 1.67 bits per heavy atom. The van der Waals surface area contributed by atoms with Crippen molar-refractivity contribution < 1.29 is 4.74 Å². The number of ether oxygens (including phenoxy) is 1. The van der Waals surface area contributed by atoms with Crippen LogP contribution in [0.5, 0.6) is 0 Å². The normalized spacial score (nSPS) is 19.9. The molecule has 1 saturated heterocycles. The van der Waals surface area contributed by atoms with Gasteiger partial charge in [-0.15, -0.1) is 0 Å².